The fourth-order valence-electron chi connectivity index (χ4n) is 2.97. The van der Waals surface area contributed by atoms with Gasteiger partial charge in [-0.1, -0.05) is 12.1 Å². The van der Waals surface area contributed by atoms with Crippen molar-refractivity contribution in [1.29, 1.82) is 0 Å². The fourth-order valence-corrected chi connectivity index (χ4v) is 3.95. The van der Waals surface area contributed by atoms with Crippen LogP contribution in [0.1, 0.15) is 33.8 Å². The van der Waals surface area contributed by atoms with Crippen LogP contribution < -0.4 is 5.32 Å². The summed E-state index contributed by atoms with van der Waals surface area (Å²) in [7, 11) is 0. The Hall–Kier alpha value is -1.93. The summed E-state index contributed by atoms with van der Waals surface area (Å²) in [5, 5.41) is 3.29. The van der Waals surface area contributed by atoms with Crippen LogP contribution >= 0.6 is 11.3 Å². The van der Waals surface area contributed by atoms with E-state index in [1.807, 2.05) is 0 Å². The summed E-state index contributed by atoms with van der Waals surface area (Å²) in [6.07, 6.45) is -2.01. The van der Waals surface area contributed by atoms with Gasteiger partial charge >= 0.3 is 6.18 Å². The van der Waals surface area contributed by atoms with Gasteiger partial charge in [0, 0.05) is 18.7 Å². The van der Waals surface area contributed by atoms with Gasteiger partial charge < -0.3 is 10.2 Å². The molecule has 0 aliphatic carbocycles. The first-order valence-corrected chi connectivity index (χ1v) is 9.32. The maximum absolute atomic E-state index is 12.9. The highest BCUT2D eigenvalue weighted by atomic mass is 32.1. The molecule has 0 spiro atoms. The summed E-state index contributed by atoms with van der Waals surface area (Å²) < 4.78 is 38.6. The molecule has 1 aliphatic rings. The van der Waals surface area contributed by atoms with Gasteiger partial charge in [0.05, 0.1) is 11.3 Å². The van der Waals surface area contributed by atoms with Crippen molar-refractivity contribution < 1.29 is 18.0 Å². The molecule has 26 heavy (non-hydrogen) atoms. The Kier molecular flexibility index (Phi) is 5.62. The van der Waals surface area contributed by atoms with Crippen molar-refractivity contribution in [3.05, 3.63) is 40.4 Å². The molecule has 8 heteroatoms. The highest BCUT2D eigenvalue weighted by Gasteiger charge is 2.30. The first-order valence-electron chi connectivity index (χ1n) is 8.50. The molecule has 0 radical (unpaired) electrons. The molecule has 1 aromatic carbocycles. The van der Waals surface area contributed by atoms with Crippen LogP contribution in [0.2, 0.25) is 0 Å². The smallest absolute Gasteiger partial charge is 0.350 e. The van der Waals surface area contributed by atoms with Crippen LogP contribution in [0, 0.1) is 6.92 Å². The monoisotopic (exact) mass is 383 g/mol. The molecule has 1 saturated heterocycles. The fraction of sp³-hybridized carbons (Fsp3) is 0.444. The van der Waals surface area contributed by atoms with E-state index >= 15 is 0 Å². The molecule has 140 valence electrons. The molecule has 0 saturated carbocycles. The topological polar surface area (TPSA) is 45.2 Å². The van der Waals surface area contributed by atoms with Crippen LogP contribution in [0.3, 0.4) is 0 Å². The Morgan fingerprint density at radius 3 is 2.73 bits per heavy atom. The molecule has 2 heterocycles. The second kappa shape index (κ2) is 7.75. The second-order valence-electron chi connectivity index (χ2n) is 6.32. The zero-order valence-electron chi connectivity index (χ0n) is 14.4. The third kappa shape index (κ3) is 4.42. The van der Waals surface area contributed by atoms with Crippen LogP contribution in [0.4, 0.5) is 13.2 Å². The summed E-state index contributed by atoms with van der Waals surface area (Å²) in [6.45, 7) is 5.19. The number of nitrogens with zero attached hydrogens (tertiary/aromatic N) is 2. The number of carbonyl (C=O) groups is 1. The van der Waals surface area contributed by atoms with E-state index in [4.69, 9.17) is 0 Å². The SMILES string of the molecule is Cc1nc(-c2cccc(C(F)(F)F)c2)sc1C(=O)NCCN1CCCC1. The standard InChI is InChI=1S/C18H20F3N3OS/c1-12-15(16(25)22-7-10-24-8-2-3-9-24)26-17(23-12)13-5-4-6-14(11-13)18(19,20)21/h4-6,11H,2-3,7-10H2,1H3,(H,22,25). The Labute approximate surface area is 154 Å². The van der Waals surface area contributed by atoms with E-state index in [1.165, 1.54) is 18.9 Å². The van der Waals surface area contributed by atoms with Crippen LogP contribution in [0.5, 0.6) is 0 Å². The molecule has 0 atom stereocenters. The number of benzene rings is 1. The number of hydrogen-bond donors (Lipinski definition) is 1. The van der Waals surface area contributed by atoms with E-state index in [0.717, 1.165) is 43.1 Å². The summed E-state index contributed by atoms with van der Waals surface area (Å²) in [5.74, 6) is -0.225. The molecular formula is C18H20F3N3OS. The number of carbonyl (C=O) groups excluding carboxylic acids is 1. The van der Waals surface area contributed by atoms with E-state index in [-0.39, 0.29) is 5.91 Å². The van der Waals surface area contributed by atoms with Crippen LogP contribution in [0.25, 0.3) is 10.6 Å². The number of thiazole rings is 1. The van der Waals surface area contributed by atoms with E-state index in [9.17, 15) is 18.0 Å². The predicted octanol–water partition coefficient (Wildman–Crippen LogP) is 3.96. The quantitative estimate of drug-likeness (QED) is 0.850. The average molecular weight is 383 g/mol. The van der Waals surface area contributed by atoms with E-state index < -0.39 is 11.7 Å². The first-order chi connectivity index (χ1) is 12.3. The molecule has 0 unspecified atom stereocenters. The number of nitrogens with one attached hydrogen (secondary N) is 1. The highest BCUT2D eigenvalue weighted by Crippen LogP contribution is 2.34. The van der Waals surface area contributed by atoms with Gasteiger partial charge in [-0.05, 0) is 45.0 Å². The number of halogens is 3. The van der Waals surface area contributed by atoms with E-state index in [2.05, 4.69) is 15.2 Å². The lowest BCUT2D eigenvalue weighted by atomic mass is 10.1. The Morgan fingerprint density at radius 2 is 2.04 bits per heavy atom. The van der Waals surface area contributed by atoms with Crippen LogP contribution in [0.15, 0.2) is 24.3 Å². The lowest BCUT2D eigenvalue weighted by Crippen LogP contribution is -2.33. The van der Waals surface area contributed by atoms with Gasteiger partial charge in [0.1, 0.15) is 9.88 Å². The lowest BCUT2D eigenvalue weighted by molar-refractivity contribution is -0.137. The van der Waals surface area contributed by atoms with Crippen molar-refractivity contribution in [3.63, 3.8) is 0 Å². The zero-order chi connectivity index (χ0) is 18.7. The minimum absolute atomic E-state index is 0.225. The molecule has 1 amide bonds. The number of hydrogen-bond acceptors (Lipinski definition) is 4. The average Bonchev–Trinajstić information content (AvgIpc) is 3.24. The summed E-state index contributed by atoms with van der Waals surface area (Å²) in [4.78, 5) is 19.4. The Morgan fingerprint density at radius 1 is 1.31 bits per heavy atom. The van der Waals surface area contributed by atoms with Gasteiger partial charge in [-0.2, -0.15) is 13.2 Å². The van der Waals surface area contributed by atoms with Crippen LogP contribution in [-0.4, -0.2) is 42.0 Å². The maximum atomic E-state index is 12.9. The largest absolute Gasteiger partial charge is 0.416 e. The minimum atomic E-state index is -4.40. The molecule has 1 aliphatic heterocycles. The van der Waals surface area contributed by atoms with Gasteiger partial charge in [-0.3, -0.25) is 4.79 Å². The third-order valence-corrected chi connectivity index (χ3v) is 5.56. The van der Waals surface area contributed by atoms with Gasteiger partial charge in [0.2, 0.25) is 0 Å². The molecular weight excluding hydrogens is 363 g/mol. The second-order valence-corrected chi connectivity index (χ2v) is 7.32. The summed E-state index contributed by atoms with van der Waals surface area (Å²) in [6, 6.07) is 5.01. The van der Waals surface area contributed by atoms with E-state index in [1.54, 1.807) is 13.0 Å². The van der Waals surface area contributed by atoms with Crippen LogP contribution in [-0.2, 0) is 6.18 Å². The molecule has 2 aromatic rings. The predicted molar refractivity (Wildman–Crippen MR) is 95.3 cm³/mol. The normalized spacial score (nSPS) is 15.4. The Bertz CT molecular complexity index is 782. The van der Waals surface area contributed by atoms with Crippen molar-refractivity contribution in [2.75, 3.05) is 26.2 Å². The molecule has 0 bridgehead atoms. The number of rotatable bonds is 5. The zero-order valence-corrected chi connectivity index (χ0v) is 15.2. The number of amides is 1. The van der Waals surface area contributed by atoms with Gasteiger partial charge in [0.25, 0.3) is 5.91 Å². The third-order valence-electron chi connectivity index (χ3n) is 4.35. The van der Waals surface area contributed by atoms with Crippen molar-refractivity contribution in [1.82, 2.24) is 15.2 Å². The molecule has 3 rings (SSSR count). The molecule has 1 fully saturated rings. The molecule has 1 N–H and O–H groups in total. The van der Waals surface area contributed by atoms with E-state index in [0.29, 0.717) is 27.7 Å². The number of alkyl halides is 3. The van der Waals surface area contributed by atoms with Crippen molar-refractivity contribution >= 4 is 17.2 Å². The molecule has 1 aromatic heterocycles. The first kappa shape index (κ1) is 18.8. The van der Waals surface area contributed by atoms with Crippen molar-refractivity contribution in [3.8, 4) is 10.6 Å². The highest BCUT2D eigenvalue weighted by molar-refractivity contribution is 7.17. The summed E-state index contributed by atoms with van der Waals surface area (Å²) in [5.41, 5.74) is 0.171. The van der Waals surface area contributed by atoms with Gasteiger partial charge in [-0.25, -0.2) is 4.98 Å². The summed E-state index contributed by atoms with van der Waals surface area (Å²) >= 11 is 1.12. The number of aromatic nitrogens is 1. The van der Waals surface area contributed by atoms with Crippen molar-refractivity contribution in [2.24, 2.45) is 0 Å². The lowest BCUT2D eigenvalue weighted by Gasteiger charge is -2.14. The van der Waals surface area contributed by atoms with Gasteiger partial charge in [0.15, 0.2) is 0 Å². The maximum Gasteiger partial charge on any atom is 0.416 e. The Balaban J connectivity index is 1.69. The molecule has 4 nitrogen and oxygen atoms in total. The van der Waals surface area contributed by atoms with Crippen molar-refractivity contribution in [2.45, 2.75) is 25.9 Å². The van der Waals surface area contributed by atoms with Gasteiger partial charge in [-0.15, -0.1) is 11.3 Å². The minimum Gasteiger partial charge on any atom is -0.350 e. The number of aryl methyl sites for hydroxylation is 1. The number of likely N-dealkylation sites (tertiary alicyclic amines) is 1.